The van der Waals surface area contributed by atoms with Crippen LogP contribution in [-0.4, -0.2) is 45.5 Å². The predicted molar refractivity (Wildman–Crippen MR) is 147 cm³/mol. The van der Waals surface area contributed by atoms with E-state index in [4.69, 9.17) is 9.47 Å². The first-order chi connectivity index (χ1) is 19.2. The maximum absolute atomic E-state index is 14.6. The van der Waals surface area contributed by atoms with Gasteiger partial charge in [0.15, 0.2) is 0 Å². The number of halogens is 2. The Balaban J connectivity index is 2.19. The molecule has 0 aliphatic rings. The Kier molecular flexibility index (Phi) is 10.9. The summed E-state index contributed by atoms with van der Waals surface area (Å²) in [7, 11) is 3.00. The molecule has 0 unspecified atom stereocenters. The van der Waals surface area contributed by atoms with Crippen molar-refractivity contribution < 1.29 is 37.5 Å². The van der Waals surface area contributed by atoms with E-state index in [1.165, 1.54) is 13.2 Å². The molecule has 0 spiro atoms. The van der Waals surface area contributed by atoms with Crippen LogP contribution in [0, 0.1) is 11.6 Å². The Labute approximate surface area is 234 Å². The number of carbonyl (C=O) groups is 3. The summed E-state index contributed by atoms with van der Waals surface area (Å²) in [6, 6.07) is 9.56. The van der Waals surface area contributed by atoms with E-state index in [0.29, 0.717) is 21.7 Å². The molecule has 0 bridgehead atoms. The average Bonchev–Trinajstić information content (AvgIpc) is 3.28. The van der Waals surface area contributed by atoms with Gasteiger partial charge in [0.1, 0.15) is 16.6 Å². The number of ether oxygens (including phenoxy) is 2. The number of urea groups is 1. The molecule has 0 radical (unpaired) electrons. The average molecular weight is 577 g/mol. The molecule has 10 nitrogen and oxygen atoms in total. The molecular weight excluding hydrogens is 546 g/mol. The molecule has 1 heterocycles. The van der Waals surface area contributed by atoms with Crippen molar-refractivity contribution in [2.45, 2.75) is 26.9 Å². The van der Waals surface area contributed by atoms with Crippen molar-refractivity contribution in [3.63, 3.8) is 0 Å². The maximum Gasteiger partial charge on any atom is 0.415 e. The summed E-state index contributed by atoms with van der Waals surface area (Å²) < 4.78 is 39.8. The lowest BCUT2D eigenvalue weighted by Crippen LogP contribution is -2.32. The number of hydroxylamine groups is 1. The fraction of sp³-hybridized carbons (Fsp3) is 0.296. The first kappa shape index (κ1) is 30.5. The monoisotopic (exact) mass is 576 g/mol. The lowest BCUT2D eigenvalue weighted by atomic mass is 10.0. The van der Waals surface area contributed by atoms with Crippen molar-refractivity contribution in [2.75, 3.05) is 37.6 Å². The number of amides is 3. The Bertz CT molecular complexity index is 1330. The van der Waals surface area contributed by atoms with Crippen molar-refractivity contribution in [2.24, 2.45) is 0 Å². The molecule has 0 aliphatic carbocycles. The number of benzene rings is 2. The third kappa shape index (κ3) is 7.11. The van der Waals surface area contributed by atoms with Crippen molar-refractivity contribution in [1.82, 2.24) is 10.8 Å². The van der Waals surface area contributed by atoms with Crippen LogP contribution in [0.25, 0.3) is 10.4 Å². The smallest absolute Gasteiger partial charge is 0.415 e. The minimum atomic E-state index is -0.886. The van der Waals surface area contributed by atoms with Gasteiger partial charge < -0.3 is 20.1 Å². The molecular formula is C27H30F2N4O6S. The topological polar surface area (TPSA) is 118 Å². The summed E-state index contributed by atoms with van der Waals surface area (Å²) >= 11 is 1.07. The molecule has 2 aromatic carbocycles. The number of anilines is 2. The second-order valence-electron chi connectivity index (χ2n) is 8.16. The SMILES string of the molecule is CCOC(=O)c1c(N(Cc2c(F)cccc2F)C(=O)OCC)sc(-c2ccc(NC(=O)NOC)cc2)c1CNC. The molecule has 0 atom stereocenters. The number of carbonyl (C=O) groups excluding carboxylic acids is 3. The van der Waals surface area contributed by atoms with Gasteiger partial charge in [0.25, 0.3) is 0 Å². The van der Waals surface area contributed by atoms with Gasteiger partial charge in [0.05, 0.1) is 32.4 Å². The van der Waals surface area contributed by atoms with Gasteiger partial charge in [-0.05, 0) is 50.7 Å². The quantitative estimate of drug-likeness (QED) is 0.206. The van der Waals surface area contributed by atoms with Crippen LogP contribution < -0.4 is 21.0 Å². The molecule has 0 fully saturated rings. The number of thiophene rings is 1. The maximum atomic E-state index is 14.6. The predicted octanol–water partition coefficient (Wildman–Crippen LogP) is 5.44. The third-order valence-corrected chi connectivity index (χ3v) is 6.84. The van der Waals surface area contributed by atoms with E-state index in [1.54, 1.807) is 45.2 Å². The normalized spacial score (nSPS) is 10.7. The van der Waals surface area contributed by atoms with Crippen LogP contribution in [0.5, 0.6) is 0 Å². The Morgan fingerprint density at radius 3 is 2.17 bits per heavy atom. The summed E-state index contributed by atoms with van der Waals surface area (Å²) in [4.78, 5) is 44.4. The zero-order valence-electron chi connectivity index (χ0n) is 22.4. The van der Waals surface area contributed by atoms with Crippen LogP contribution in [0.3, 0.4) is 0 Å². The minimum absolute atomic E-state index is 0.00343. The zero-order chi connectivity index (χ0) is 29.2. The summed E-state index contributed by atoms with van der Waals surface area (Å²) in [5.41, 5.74) is 3.51. The number of hydrogen-bond donors (Lipinski definition) is 3. The fourth-order valence-electron chi connectivity index (χ4n) is 3.85. The molecule has 1 aromatic heterocycles. The van der Waals surface area contributed by atoms with Gasteiger partial charge in [0.2, 0.25) is 0 Å². The van der Waals surface area contributed by atoms with Crippen LogP contribution in [0.15, 0.2) is 42.5 Å². The third-order valence-electron chi connectivity index (χ3n) is 5.53. The van der Waals surface area contributed by atoms with Gasteiger partial charge >= 0.3 is 18.1 Å². The highest BCUT2D eigenvalue weighted by Crippen LogP contribution is 2.44. The van der Waals surface area contributed by atoms with Crippen molar-refractivity contribution in [1.29, 1.82) is 0 Å². The lowest BCUT2D eigenvalue weighted by Gasteiger charge is -2.22. The second-order valence-corrected chi connectivity index (χ2v) is 9.16. The molecule has 3 amide bonds. The van der Waals surface area contributed by atoms with E-state index in [-0.39, 0.29) is 35.9 Å². The van der Waals surface area contributed by atoms with Gasteiger partial charge in [-0.2, -0.15) is 0 Å². The molecule has 214 valence electrons. The first-order valence-corrected chi connectivity index (χ1v) is 13.1. The Morgan fingerprint density at radius 2 is 1.60 bits per heavy atom. The van der Waals surface area contributed by atoms with Crippen LogP contribution in [0.4, 0.5) is 29.1 Å². The first-order valence-electron chi connectivity index (χ1n) is 12.3. The Hall–Kier alpha value is -4.07. The van der Waals surface area contributed by atoms with Gasteiger partial charge in [-0.1, -0.05) is 18.2 Å². The highest BCUT2D eigenvalue weighted by atomic mass is 32.1. The zero-order valence-corrected chi connectivity index (χ0v) is 23.2. The standard InChI is InChI=1S/C27H30F2N4O6S/c1-5-38-25(34)22-18(14-30-3)23(16-10-12-17(13-11-16)31-26(35)32-37-4)40-24(22)33(27(36)39-6-2)15-19-20(28)8-7-9-21(19)29/h7-13,30H,5-6,14-15H2,1-4H3,(H2,31,32,35). The molecule has 40 heavy (non-hydrogen) atoms. The van der Waals surface area contributed by atoms with Gasteiger partial charge in [0, 0.05) is 28.2 Å². The molecule has 3 rings (SSSR count). The van der Waals surface area contributed by atoms with E-state index in [0.717, 1.165) is 28.4 Å². The highest BCUT2D eigenvalue weighted by Gasteiger charge is 2.32. The number of rotatable bonds is 11. The summed E-state index contributed by atoms with van der Waals surface area (Å²) in [5.74, 6) is -2.40. The van der Waals surface area contributed by atoms with Crippen LogP contribution in [0.2, 0.25) is 0 Å². The number of hydrogen-bond acceptors (Lipinski definition) is 8. The molecule has 3 N–H and O–H groups in total. The minimum Gasteiger partial charge on any atom is -0.462 e. The lowest BCUT2D eigenvalue weighted by molar-refractivity contribution is 0.0526. The molecule has 0 saturated carbocycles. The van der Waals surface area contributed by atoms with E-state index in [9.17, 15) is 23.2 Å². The number of nitrogens with zero attached hydrogens (tertiary/aromatic N) is 1. The molecule has 3 aromatic rings. The molecule has 0 aliphatic heterocycles. The Morgan fingerprint density at radius 1 is 0.950 bits per heavy atom. The van der Waals surface area contributed by atoms with E-state index in [2.05, 4.69) is 21.0 Å². The number of nitrogens with one attached hydrogen (secondary N) is 3. The van der Waals surface area contributed by atoms with Crippen molar-refractivity contribution >= 4 is 40.1 Å². The molecule has 0 saturated heterocycles. The summed E-state index contributed by atoms with van der Waals surface area (Å²) in [6.07, 6.45) is -0.886. The van der Waals surface area contributed by atoms with Crippen LogP contribution in [-0.2, 0) is 27.4 Å². The second kappa shape index (κ2) is 14.4. The van der Waals surface area contributed by atoms with Crippen molar-refractivity contribution in [3.05, 3.63) is 70.8 Å². The highest BCUT2D eigenvalue weighted by molar-refractivity contribution is 7.20. The van der Waals surface area contributed by atoms with Gasteiger partial charge in [-0.25, -0.2) is 28.6 Å². The molecule has 13 heteroatoms. The van der Waals surface area contributed by atoms with Gasteiger partial charge in [-0.15, -0.1) is 11.3 Å². The number of esters is 1. The summed E-state index contributed by atoms with van der Waals surface area (Å²) in [5, 5.41) is 5.73. The van der Waals surface area contributed by atoms with Crippen molar-refractivity contribution in [3.8, 4) is 10.4 Å². The van der Waals surface area contributed by atoms with Crippen LogP contribution in [0.1, 0.15) is 35.3 Å². The fourth-order valence-corrected chi connectivity index (χ4v) is 5.15. The van der Waals surface area contributed by atoms with Gasteiger partial charge in [-0.3, -0.25) is 9.74 Å². The van der Waals surface area contributed by atoms with E-state index >= 15 is 0 Å². The largest absolute Gasteiger partial charge is 0.462 e. The van der Waals surface area contributed by atoms with E-state index < -0.39 is 36.3 Å². The van der Waals surface area contributed by atoms with Crippen LogP contribution >= 0.6 is 11.3 Å². The summed E-state index contributed by atoms with van der Waals surface area (Å²) in [6.45, 7) is 2.98. The van der Waals surface area contributed by atoms with E-state index in [1.807, 2.05) is 0 Å².